The van der Waals surface area contributed by atoms with Crippen LogP contribution in [0.1, 0.15) is 39.0 Å². The molecule has 1 atom stereocenters. The number of nitrogens with one attached hydrogen (secondary N) is 2. The highest BCUT2D eigenvalue weighted by atomic mass is 15.3. The quantitative estimate of drug-likeness (QED) is 0.871. The molecule has 2 fully saturated rings. The second kappa shape index (κ2) is 6.60. The van der Waals surface area contributed by atoms with Crippen LogP contribution < -0.4 is 15.5 Å². The van der Waals surface area contributed by atoms with Crippen LogP contribution in [-0.2, 0) is 0 Å². The molecule has 0 amide bonds. The lowest BCUT2D eigenvalue weighted by Crippen LogP contribution is -2.57. The molecule has 21 heavy (non-hydrogen) atoms. The average molecular weight is 289 g/mol. The lowest BCUT2D eigenvalue weighted by atomic mass is 9.85. The Bertz CT molecular complexity index is 452. The highest BCUT2D eigenvalue weighted by Crippen LogP contribution is 2.28. The van der Waals surface area contributed by atoms with Crippen molar-refractivity contribution >= 4 is 11.8 Å². The minimum atomic E-state index is 0.460. The van der Waals surface area contributed by atoms with Crippen molar-refractivity contribution in [2.75, 3.05) is 30.4 Å². The summed E-state index contributed by atoms with van der Waals surface area (Å²) in [6, 6.07) is 3.06. The van der Waals surface area contributed by atoms with Crippen molar-refractivity contribution < 1.29 is 0 Å². The van der Waals surface area contributed by atoms with E-state index in [2.05, 4.69) is 32.4 Å². The number of aromatic nitrogens is 2. The van der Waals surface area contributed by atoms with Gasteiger partial charge in [-0.25, -0.2) is 4.98 Å². The number of likely N-dealkylation sites (N-methyl/N-ethyl adjacent to an activating group) is 1. The molecule has 2 heterocycles. The van der Waals surface area contributed by atoms with Crippen LogP contribution in [0.3, 0.4) is 0 Å². The average Bonchev–Trinajstić information content (AvgIpc) is 2.47. The number of hydrogen-bond donors (Lipinski definition) is 2. The van der Waals surface area contributed by atoms with Gasteiger partial charge in [0, 0.05) is 31.4 Å². The molecule has 2 aliphatic rings. The SMILES string of the molecule is CNC1CN(c2ccnc(NC(C)C3CCCCC3)n2)C1. The lowest BCUT2D eigenvalue weighted by molar-refractivity contribution is 0.327. The summed E-state index contributed by atoms with van der Waals surface area (Å²) in [6.45, 7) is 4.34. The van der Waals surface area contributed by atoms with Gasteiger partial charge in [0.15, 0.2) is 0 Å². The molecule has 5 nitrogen and oxygen atoms in total. The first kappa shape index (κ1) is 14.6. The van der Waals surface area contributed by atoms with E-state index >= 15 is 0 Å². The van der Waals surface area contributed by atoms with Crippen molar-refractivity contribution in [3.05, 3.63) is 12.3 Å². The van der Waals surface area contributed by atoms with Gasteiger partial charge in [-0.1, -0.05) is 19.3 Å². The molecule has 1 saturated heterocycles. The van der Waals surface area contributed by atoms with Crippen molar-refractivity contribution in [2.24, 2.45) is 5.92 Å². The Morgan fingerprint density at radius 1 is 1.24 bits per heavy atom. The molecule has 5 heteroatoms. The van der Waals surface area contributed by atoms with Gasteiger partial charge < -0.3 is 15.5 Å². The van der Waals surface area contributed by atoms with E-state index in [0.717, 1.165) is 30.8 Å². The van der Waals surface area contributed by atoms with Crippen LogP contribution >= 0.6 is 0 Å². The van der Waals surface area contributed by atoms with Crippen LogP contribution in [0.2, 0.25) is 0 Å². The fourth-order valence-electron chi connectivity index (χ4n) is 3.40. The van der Waals surface area contributed by atoms with Crippen LogP contribution in [0, 0.1) is 5.92 Å². The van der Waals surface area contributed by atoms with Crippen molar-refractivity contribution in [1.29, 1.82) is 0 Å². The van der Waals surface area contributed by atoms with Crippen molar-refractivity contribution in [3.63, 3.8) is 0 Å². The van der Waals surface area contributed by atoms with Crippen molar-refractivity contribution in [1.82, 2.24) is 15.3 Å². The molecule has 1 aromatic heterocycles. The maximum Gasteiger partial charge on any atom is 0.224 e. The first-order valence-corrected chi connectivity index (χ1v) is 8.28. The zero-order valence-electron chi connectivity index (χ0n) is 13.2. The third-order valence-corrected chi connectivity index (χ3v) is 4.97. The first-order valence-electron chi connectivity index (χ1n) is 8.28. The monoisotopic (exact) mass is 289 g/mol. The van der Waals surface area contributed by atoms with Gasteiger partial charge in [-0.15, -0.1) is 0 Å². The van der Waals surface area contributed by atoms with Crippen LogP contribution in [0.25, 0.3) is 0 Å². The molecule has 0 spiro atoms. The maximum atomic E-state index is 4.67. The van der Waals surface area contributed by atoms with Crippen LogP contribution in [-0.4, -0.2) is 42.2 Å². The van der Waals surface area contributed by atoms with Crippen LogP contribution in [0.5, 0.6) is 0 Å². The minimum Gasteiger partial charge on any atom is -0.353 e. The molecule has 1 unspecified atom stereocenters. The predicted molar refractivity (Wildman–Crippen MR) is 86.8 cm³/mol. The molecule has 116 valence electrons. The van der Waals surface area contributed by atoms with Crippen LogP contribution in [0.15, 0.2) is 12.3 Å². The van der Waals surface area contributed by atoms with Gasteiger partial charge in [-0.3, -0.25) is 0 Å². The van der Waals surface area contributed by atoms with E-state index in [1.165, 1.54) is 32.1 Å². The van der Waals surface area contributed by atoms with Gasteiger partial charge in [-0.05, 0) is 38.8 Å². The largest absolute Gasteiger partial charge is 0.353 e. The Balaban J connectivity index is 1.58. The summed E-state index contributed by atoms with van der Waals surface area (Å²) in [6.07, 6.45) is 8.68. The summed E-state index contributed by atoms with van der Waals surface area (Å²) >= 11 is 0. The van der Waals surface area contributed by atoms with E-state index < -0.39 is 0 Å². The molecular weight excluding hydrogens is 262 g/mol. The molecule has 1 aromatic rings. The first-order chi connectivity index (χ1) is 10.3. The van der Waals surface area contributed by atoms with E-state index in [4.69, 9.17) is 0 Å². The second-order valence-electron chi connectivity index (χ2n) is 6.46. The summed E-state index contributed by atoms with van der Waals surface area (Å²) in [7, 11) is 2.01. The predicted octanol–water partition coefficient (Wildman–Crippen LogP) is 2.27. The molecule has 1 aliphatic heterocycles. The summed E-state index contributed by atoms with van der Waals surface area (Å²) in [5.41, 5.74) is 0. The van der Waals surface area contributed by atoms with Crippen LogP contribution in [0.4, 0.5) is 11.8 Å². The fraction of sp³-hybridized carbons (Fsp3) is 0.750. The molecular formula is C16H27N5. The third-order valence-electron chi connectivity index (χ3n) is 4.97. The number of hydrogen-bond acceptors (Lipinski definition) is 5. The van der Waals surface area contributed by atoms with Crippen molar-refractivity contribution in [2.45, 2.75) is 51.1 Å². The molecule has 0 radical (unpaired) electrons. The Labute approximate surface area is 127 Å². The van der Waals surface area contributed by atoms with E-state index in [9.17, 15) is 0 Å². The summed E-state index contributed by atoms with van der Waals surface area (Å²) in [5.74, 6) is 2.58. The second-order valence-corrected chi connectivity index (χ2v) is 6.46. The van der Waals surface area contributed by atoms with Gasteiger partial charge >= 0.3 is 0 Å². The molecule has 0 bridgehead atoms. The molecule has 1 aliphatic carbocycles. The lowest BCUT2D eigenvalue weighted by Gasteiger charge is -2.40. The number of anilines is 2. The third kappa shape index (κ3) is 3.46. The standard InChI is InChI=1S/C16H27N5/c1-12(13-6-4-3-5-7-13)19-16-18-9-8-15(20-16)21-10-14(11-21)17-2/h8-9,12-14,17H,3-7,10-11H2,1-2H3,(H,18,19,20). The summed E-state index contributed by atoms with van der Waals surface area (Å²) in [4.78, 5) is 11.4. The normalized spacial score (nSPS) is 21.9. The van der Waals surface area contributed by atoms with E-state index in [1.807, 2.05) is 19.3 Å². The summed E-state index contributed by atoms with van der Waals surface area (Å²) < 4.78 is 0. The van der Waals surface area contributed by atoms with Gasteiger partial charge in [0.2, 0.25) is 5.95 Å². The number of nitrogens with zero attached hydrogens (tertiary/aromatic N) is 3. The van der Waals surface area contributed by atoms with E-state index in [0.29, 0.717) is 12.1 Å². The van der Waals surface area contributed by atoms with Crippen molar-refractivity contribution in [3.8, 4) is 0 Å². The van der Waals surface area contributed by atoms with Gasteiger partial charge in [0.1, 0.15) is 5.82 Å². The Kier molecular flexibility index (Phi) is 4.58. The Morgan fingerprint density at radius 3 is 2.71 bits per heavy atom. The minimum absolute atomic E-state index is 0.460. The van der Waals surface area contributed by atoms with Gasteiger partial charge in [0.05, 0.1) is 0 Å². The number of rotatable bonds is 5. The van der Waals surface area contributed by atoms with Gasteiger partial charge in [-0.2, -0.15) is 4.98 Å². The molecule has 2 N–H and O–H groups in total. The zero-order chi connectivity index (χ0) is 14.7. The highest BCUT2D eigenvalue weighted by Gasteiger charge is 2.26. The van der Waals surface area contributed by atoms with Gasteiger partial charge in [0.25, 0.3) is 0 Å². The molecule has 0 aromatic carbocycles. The molecule has 3 rings (SSSR count). The maximum absolute atomic E-state index is 4.67. The Morgan fingerprint density at radius 2 is 2.00 bits per heavy atom. The van der Waals surface area contributed by atoms with E-state index in [1.54, 1.807) is 0 Å². The molecule has 1 saturated carbocycles. The highest BCUT2D eigenvalue weighted by molar-refractivity contribution is 5.45. The smallest absolute Gasteiger partial charge is 0.224 e. The fourth-order valence-corrected chi connectivity index (χ4v) is 3.40. The zero-order valence-corrected chi connectivity index (χ0v) is 13.2. The van der Waals surface area contributed by atoms with E-state index in [-0.39, 0.29) is 0 Å². The Hall–Kier alpha value is -1.36. The topological polar surface area (TPSA) is 53.1 Å². The summed E-state index contributed by atoms with van der Waals surface area (Å²) in [5, 5.41) is 6.81.